The van der Waals surface area contributed by atoms with E-state index < -0.39 is 0 Å². The van der Waals surface area contributed by atoms with Gasteiger partial charge in [0.2, 0.25) is 5.91 Å². The highest BCUT2D eigenvalue weighted by Crippen LogP contribution is 2.31. The lowest BCUT2D eigenvalue weighted by Crippen LogP contribution is -2.36. The third-order valence-corrected chi connectivity index (χ3v) is 7.44. The molecule has 37 heavy (non-hydrogen) atoms. The largest absolute Gasteiger partial charge is 0.486 e. The van der Waals surface area contributed by atoms with E-state index in [1.807, 2.05) is 44.4 Å². The highest BCUT2D eigenvalue weighted by Gasteiger charge is 2.28. The first kappa shape index (κ1) is 24.9. The lowest BCUT2D eigenvalue weighted by atomic mass is 10.2. The first-order valence-electron chi connectivity index (χ1n) is 11.8. The van der Waals surface area contributed by atoms with Crippen molar-refractivity contribution in [3.05, 3.63) is 70.4 Å². The number of nitrogens with one attached hydrogen (secondary N) is 1. The number of nitrogens with zero attached hydrogens (tertiary/aromatic N) is 6. The second kappa shape index (κ2) is 10.7. The van der Waals surface area contributed by atoms with Crippen LogP contribution in [0.3, 0.4) is 0 Å². The number of thiazole rings is 1. The van der Waals surface area contributed by atoms with Crippen LogP contribution in [-0.2, 0) is 11.4 Å². The Labute approximate surface area is 223 Å². The number of hydrogen-bond donors (Lipinski definition) is 1. The van der Waals surface area contributed by atoms with Crippen LogP contribution >= 0.6 is 22.9 Å². The molecule has 11 heteroatoms. The summed E-state index contributed by atoms with van der Waals surface area (Å²) >= 11 is 8.10. The van der Waals surface area contributed by atoms with Gasteiger partial charge in [0.15, 0.2) is 5.82 Å². The zero-order chi connectivity index (χ0) is 25.9. The van der Waals surface area contributed by atoms with E-state index in [-0.39, 0.29) is 11.9 Å². The fourth-order valence-corrected chi connectivity index (χ4v) is 5.19. The summed E-state index contributed by atoms with van der Waals surface area (Å²) in [6, 6.07) is 9.52. The second-order valence-electron chi connectivity index (χ2n) is 8.71. The molecule has 0 bridgehead atoms. The average molecular weight is 536 g/mol. The summed E-state index contributed by atoms with van der Waals surface area (Å²) in [6.07, 6.45) is 5.54. The van der Waals surface area contributed by atoms with Gasteiger partial charge in [-0.25, -0.2) is 19.9 Å². The number of benzene rings is 1. The Bertz CT molecular complexity index is 1460. The van der Waals surface area contributed by atoms with Crippen molar-refractivity contribution in [2.24, 2.45) is 0 Å². The minimum Gasteiger partial charge on any atom is -0.486 e. The molecule has 1 atom stereocenters. The first-order chi connectivity index (χ1) is 17.9. The van der Waals surface area contributed by atoms with E-state index in [4.69, 9.17) is 21.3 Å². The van der Waals surface area contributed by atoms with Crippen LogP contribution in [0, 0.1) is 6.92 Å². The standard InChI is InChI=1S/C26H26ClN7O2S/c1-4-24(35)34-10-9-18(13-34)33(3)23-8-6-21-25(32-23)26(30-15-29-21)31-17-5-7-22(20(27)11-17)36-14-19-12-28-16(2)37-19/h4-8,11-12,15,18H,1,9-10,13-14H2,2-3H3,(H,29,30,31). The SMILES string of the molecule is C=CC(=O)N1CCC(N(C)c2ccc3ncnc(Nc4ccc(OCc5cnc(C)s5)c(Cl)c4)c3n2)C1. The van der Waals surface area contributed by atoms with Crippen LogP contribution in [0.5, 0.6) is 5.75 Å². The molecule has 0 saturated carbocycles. The molecular formula is C26H26ClN7O2S. The summed E-state index contributed by atoms with van der Waals surface area (Å²) < 4.78 is 5.87. The van der Waals surface area contributed by atoms with Gasteiger partial charge >= 0.3 is 0 Å². The molecule has 1 unspecified atom stereocenters. The third-order valence-electron chi connectivity index (χ3n) is 6.26. The number of ether oxygens (including phenoxy) is 1. The quantitative estimate of drug-likeness (QED) is 0.315. The van der Waals surface area contributed by atoms with Crippen LogP contribution in [0.2, 0.25) is 5.02 Å². The lowest BCUT2D eigenvalue weighted by Gasteiger charge is -2.26. The fourth-order valence-electron chi connectivity index (χ4n) is 4.25. The van der Waals surface area contributed by atoms with Crippen molar-refractivity contribution in [3.8, 4) is 5.75 Å². The number of fused-ring (bicyclic) bond motifs is 1. The molecule has 4 aromatic rings. The number of halogens is 1. The minimum atomic E-state index is -0.0454. The van der Waals surface area contributed by atoms with Gasteiger partial charge in [-0.3, -0.25) is 4.79 Å². The highest BCUT2D eigenvalue weighted by molar-refractivity contribution is 7.11. The molecule has 9 nitrogen and oxygen atoms in total. The number of amides is 1. The summed E-state index contributed by atoms with van der Waals surface area (Å²) in [7, 11) is 1.99. The van der Waals surface area contributed by atoms with E-state index in [1.165, 1.54) is 12.4 Å². The van der Waals surface area contributed by atoms with Crippen molar-refractivity contribution in [2.45, 2.75) is 26.0 Å². The number of likely N-dealkylation sites (N-methyl/N-ethyl adjacent to an activating group) is 1. The number of carbonyl (C=O) groups excluding carboxylic acids is 1. The molecule has 1 fully saturated rings. The Morgan fingerprint density at radius 3 is 2.95 bits per heavy atom. The Morgan fingerprint density at radius 1 is 1.32 bits per heavy atom. The molecule has 1 aliphatic rings. The van der Waals surface area contributed by atoms with E-state index in [2.05, 4.69) is 31.7 Å². The van der Waals surface area contributed by atoms with Crippen LogP contribution in [0.15, 0.2) is 55.5 Å². The summed E-state index contributed by atoms with van der Waals surface area (Å²) in [6.45, 7) is 7.30. The van der Waals surface area contributed by atoms with Crippen LogP contribution in [0.25, 0.3) is 11.0 Å². The maximum Gasteiger partial charge on any atom is 0.246 e. The molecule has 0 aliphatic carbocycles. The molecule has 1 aromatic carbocycles. The van der Waals surface area contributed by atoms with Crippen LogP contribution in [-0.4, -0.2) is 56.9 Å². The Morgan fingerprint density at radius 2 is 2.19 bits per heavy atom. The van der Waals surface area contributed by atoms with Gasteiger partial charge in [-0.15, -0.1) is 11.3 Å². The normalized spacial score (nSPS) is 15.1. The van der Waals surface area contributed by atoms with Crippen molar-refractivity contribution < 1.29 is 9.53 Å². The van der Waals surface area contributed by atoms with Crippen molar-refractivity contribution in [1.82, 2.24) is 24.8 Å². The number of carbonyl (C=O) groups is 1. The zero-order valence-corrected chi connectivity index (χ0v) is 22.1. The number of likely N-dealkylation sites (tertiary alicyclic amines) is 1. The fraction of sp³-hybridized carbons (Fsp3) is 0.269. The molecule has 1 N–H and O–H groups in total. The number of anilines is 3. The minimum absolute atomic E-state index is 0.0454. The number of pyridine rings is 1. The second-order valence-corrected chi connectivity index (χ2v) is 10.4. The highest BCUT2D eigenvalue weighted by atomic mass is 35.5. The molecule has 0 spiro atoms. The number of aromatic nitrogens is 4. The number of aryl methyl sites for hydroxylation is 1. The zero-order valence-electron chi connectivity index (χ0n) is 20.5. The van der Waals surface area contributed by atoms with Crippen molar-refractivity contribution in [2.75, 3.05) is 30.4 Å². The van der Waals surface area contributed by atoms with Crippen molar-refractivity contribution in [1.29, 1.82) is 0 Å². The summed E-state index contributed by atoms with van der Waals surface area (Å²) in [5.74, 6) is 1.90. The molecule has 190 valence electrons. The Kier molecular flexibility index (Phi) is 7.20. The topological polar surface area (TPSA) is 96.4 Å². The molecule has 1 aliphatic heterocycles. The average Bonchev–Trinajstić information content (AvgIpc) is 3.57. The lowest BCUT2D eigenvalue weighted by molar-refractivity contribution is -0.125. The van der Waals surface area contributed by atoms with Gasteiger partial charge in [-0.2, -0.15) is 0 Å². The smallest absolute Gasteiger partial charge is 0.246 e. The van der Waals surface area contributed by atoms with Gasteiger partial charge in [0.25, 0.3) is 0 Å². The predicted octanol–water partition coefficient (Wildman–Crippen LogP) is 4.99. The van der Waals surface area contributed by atoms with Gasteiger partial charge in [-0.05, 0) is 49.8 Å². The van der Waals surface area contributed by atoms with E-state index >= 15 is 0 Å². The molecule has 1 saturated heterocycles. The molecule has 5 rings (SSSR count). The molecule has 4 heterocycles. The summed E-state index contributed by atoms with van der Waals surface area (Å²) in [4.78, 5) is 34.8. The van der Waals surface area contributed by atoms with Gasteiger partial charge in [0.05, 0.1) is 20.4 Å². The Balaban J connectivity index is 1.33. The van der Waals surface area contributed by atoms with Crippen LogP contribution in [0.1, 0.15) is 16.3 Å². The molecular weight excluding hydrogens is 510 g/mol. The third kappa shape index (κ3) is 5.50. The van der Waals surface area contributed by atoms with E-state index in [1.54, 1.807) is 22.3 Å². The molecule has 0 radical (unpaired) electrons. The predicted molar refractivity (Wildman–Crippen MR) is 147 cm³/mol. The van der Waals surface area contributed by atoms with E-state index in [0.717, 1.165) is 33.3 Å². The van der Waals surface area contributed by atoms with Crippen molar-refractivity contribution >= 4 is 57.2 Å². The van der Waals surface area contributed by atoms with Gasteiger partial charge in [-0.1, -0.05) is 18.2 Å². The summed E-state index contributed by atoms with van der Waals surface area (Å²) in [5.41, 5.74) is 2.11. The maximum atomic E-state index is 12.0. The van der Waals surface area contributed by atoms with Gasteiger partial charge < -0.3 is 19.9 Å². The molecule has 3 aromatic heterocycles. The van der Waals surface area contributed by atoms with E-state index in [0.29, 0.717) is 41.8 Å². The van der Waals surface area contributed by atoms with Crippen LogP contribution < -0.4 is 15.0 Å². The molecule has 1 amide bonds. The van der Waals surface area contributed by atoms with Crippen molar-refractivity contribution in [3.63, 3.8) is 0 Å². The monoisotopic (exact) mass is 535 g/mol. The first-order valence-corrected chi connectivity index (χ1v) is 13.0. The number of rotatable bonds is 8. The van der Waals surface area contributed by atoms with Gasteiger partial charge in [0, 0.05) is 38.1 Å². The van der Waals surface area contributed by atoms with Crippen LogP contribution in [0.4, 0.5) is 17.3 Å². The summed E-state index contributed by atoms with van der Waals surface area (Å²) in [5, 5.41) is 4.79. The Hall–Kier alpha value is -3.76. The van der Waals surface area contributed by atoms with Gasteiger partial charge in [0.1, 0.15) is 30.0 Å². The maximum absolute atomic E-state index is 12.0. The van der Waals surface area contributed by atoms with E-state index in [9.17, 15) is 4.79 Å². The number of hydrogen-bond acceptors (Lipinski definition) is 9.